The summed E-state index contributed by atoms with van der Waals surface area (Å²) in [5.74, 6) is -2.99. The van der Waals surface area contributed by atoms with Crippen molar-refractivity contribution in [2.45, 2.75) is 13.8 Å². The van der Waals surface area contributed by atoms with Crippen LogP contribution in [0, 0.1) is 23.7 Å². The Morgan fingerprint density at radius 2 is 1.67 bits per heavy atom. The lowest BCUT2D eigenvalue weighted by atomic mass is 9.82. The zero-order chi connectivity index (χ0) is 17.6. The van der Waals surface area contributed by atoms with Gasteiger partial charge in [-0.2, -0.15) is 0 Å². The summed E-state index contributed by atoms with van der Waals surface area (Å²) in [6.45, 7) is 3.92. The molecule has 1 amide bonds. The lowest BCUT2D eigenvalue weighted by Gasteiger charge is -2.23. The van der Waals surface area contributed by atoms with Gasteiger partial charge in [0.2, 0.25) is 5.91 Å². The maximum atomic E-state index is 12.8. The average Bonchev–Trinajstić information content (AvgIpc) is 3.06. The maximum absolute atomic E-state index is 12.8. The molecule has 2 N–H and O–H groups in total. The van der Waals surface area contributed by atoms with Gasteiger partial charge in [0.05, 0.1) is 21.9 Å². The Bertz CT molecular complexity index is 780. The minimum Gasteiger partial charge on any atom is -0.481 e. The van der Waals surface area contributed by atoms with Crippen LogP contribution in [0.25, 0.3) is 0 Å². The van der Waals surface area contributed by atoms with Gasteiger partial charge in [-0.1, -0.05) is 46.5 Å². The minimum atomic E-state index is -0.945. The molecule has 4 atom stereocenters. The van der Waals surface area contributed by atoms with Crippen molar-refractivity contribution in [3.05, 3.63) is 51.5 Å². The molecule has 2 bridgehead atoms. The van der Waals surface area contributed by atoms with Crippen molar-refractivity contribution >= 4 is 40.8 Å². The number of amides is 1. The largest absolute Gasteiger partial charge is 0.481 e. The quantitative estimate of drug-likeness (QED) is 0.780. The third-order valence-corrected chi connectivity index (χ3v) is 5.50. The summed E-state index contributed by atoms with van der Waals surface area (Å²) in [5.41, 5.74) is 2.63. The summed E-state index contributed by atoms with van der Waals surface area (Å²) in [6.07, 6.45) is 3.86. The molecule has 0 unspecified atom stereocenters. The first-order valence-electron chi connectivity index (χ1n) is 7.65. The zero-order valence-corrected chi connectivity index (χ0v) is 14.7. The predicted molar refractivity (Wildman–Crippen MR) is 94.2 cm³/mol. The number of hydrogen-bond donors (Lipinski definition) is 2. The molecule has 6 heteroatoms. The van der Waals surface area contributed by atoms with Crippen LogP contribution in [0.15, 0.2) is 41.5 Å². The molecule has 1 aromatic carbocycles. The monoisotopic (exact) mass is 365 g/mol. The van der Waals surface area contributed by atoms with E-state index in [0.29, 0.717) is 15.7 Å². The van der Waals surface area contributed by atoms with E-state index in [0.717, 1.165) is 11.1 Å². The van der Waals surface area contributed by atoms with E-state index in [1.54, 1.807) is 18.2 Å². The Kier molecular flexibility index (Phi) is 4.45. The number of halogens is 2. The van der Waals surface area contributed by atoms with Gasteiger partial charge in [0.1, 0.15) is 0 Å². The second-order valence-electron chi connectivity index (χ2n) is 6.40. The molecule has 0 saturated heterocycles. The summed E-state index contributed by atoms with van der Waals surface area (Å²) in [7, 11) is 0. The molecule has 24 heavy (non-hydrogen) atoms. The number of carbonyl (C=O) groups excluding carboxylic acids is 1. The molecule has 3 rings (SSSR count). The number of fused-ring (bicyclic) bond motifs is 2. The molecular weight excluding hydrogens is 349 g/mol. The smallest absolute Gasteiger partial charge is 0.308 e. The third-order valence-electron chi connectivity index (χ3n) is 4.76. The van der Waals surface area contributed by atoms with E-state index in [1.807, 2.05) is 26.0 Å². The van der Waals surface area contributed by atoms with Gasteiger partial charge in [0.25, 0.3) is 0 Å². The fraction of sp³-hybridized carbons (Fsp3) is 0.333. The Morgan fingerprint density at radius 1 is 1.04 bits per heavy atom. The van der Waals surface area contributed by atoms with Gasteiger partial charge in [-0.05, 0) is 32.0 Å². The second-order valence-corrected chi connectivity index (χ2v) is 7.21. The number of nitrogens with one attached hydrogen (secondary N) is 1. The van der Waals surface area contributed by atoms with Crippen LogP contribution in [0.3, 0.4) is 0 Å². The molecule has 0 radical (unpaired) electrons. The molecule has 126 valence electrons. The number of aliphatic carboxylic acids is 1. The van der Waals surface area contributed by atoms with E-state index in [4.69, 9.17) is 23.2 Å². The Hall–Kier alpha value is -1.78. The number of hydrogen-bond acceptors (Lipinski definition) is 2. The highest BCUT2D eigenvalue weighted by Gasteiger charge is 2.54. The van der Waals surface area contributed by atoms with Gasteiger partial charge in [-0.15, -0.1) is 0 Å². The van der Waals surface area contributed by atoms with Crippen molar-refractivity contribution in [3.8, 4) is 0 Å². The van der Waals surface area contributed by atoms with Crippen LogP contribution in [-0.4, -0.2) is 17.0 Å². The molecule has 1 fully saturated rings. The topological polar surface area (TPSA) is 66.4 Å². The van der Waals surface area contributed by atoms with E-state index in [1.165, 1.54) is 0 Å². The Labute approximate surface area is 150 Å². The van der Waals surface area contributed by atoms with Crippen LogP contribution in [0.5, 0.6) is 0 Å². The summed E-state index contributed by atoms with van der Waals surface area (Å²) in [5, 5.41) is 13.1. The van der Waals surface area contributed by atoms with Crippen molar-refractivity contribution in [1.29, 1.82) is 0 Å². The van der Waals surface area contributed by atoms with Crippen LogP contribution in [0.2, 0.25) is 10.0 Å². The van der Waals surface area contributed by atoms with Crippen molar-refractivity contribution in [1.82, 2.24) is 0 Å². The first kappa shape index (κ1) is 17.1. The van der Waals surface area contributed by atoms with Gasteiger partial charge < -0.3 is 10.4 Å². The third kappa shape index (κ3) is 2.74. The van der Waals surface area contributed by atoms with Crippen LogP contribution >= 0.6 is 23.2 Å². The first-order chi connectivity index (χ1) is 11.3. The molecule has 2 aliphatic rings. The van der Waals surface area contributed by atoms with Gasteiger partial charge >= 0.3 is 5.97 Å². The SMILES string of the molecule is CC(C)=C1[C@H]2C=C[C@H]1[C@@H](C(=O)O)[C@H]2C(=O)Nc1ccc(Cl)c(Cl)c1. The van der Waals surface area contributed by atoms with Crippen LogP contribution < -0.4 is 5.32 Å². The number of allylic oxidation sites excluding steroid dienone is 4. The summed E-state index contributed by atoms with van der Waals surface area (Å²) in [6, 6.07) is 4.80. The zero-order valence-electron chi connectivity index (χ0n) is 13.2. The molecular formula is C18H17Cl2NO3. The molecule has 4 nitrogen and oxygen atoms in total. The van der Waals surface area contributed by atoms with E-state index >= 15 is 0 Å². The van der Waals surface area contributed by atoms with Crippen molar-refractivity contribution in [2.24, 2.45) is 23.7 Å². The summed E-state index contributed by atoms with van der Waals surface area (Å²) in [4.78, 5) is 24.5. The van der Waals surface area contributed by atoms with Crippen molar-refractivity contribution in [3.63, 3.8) is 0 Å². The van der Waals surface area contributed by atoms with Crippen LogP contribution in [-0.2, 0) is 9.59 Å². The predicted octanol–water partition coefficient (Wildman–Crippen LogP) is 4.40. The van der Waals surface area contributed by atoms with Gasteiger partial charge in [0, 0.05) is 17.5 Å². The minimum absolute atomic E-state index is 0.163. The number of anilines is 1. The molecule has 1 aromatic rings. The summed E-state index contributed by atoms with van der Waals surface area (Å²) >= 11 is 11.8. The lowest BCUT2D eigenvalue weighted by molar-refractivity contribution is -0.146. The highest BCUT2D eigenvalue weighted by molar-refractivity contribution is 6.42. The van der Waals surface area contributed by atoms with Gasteiger partial charge in [-0.3, -0.25) is 9.59 Å². The number of carboxylic acids is 1. The fourth-order valence-corrected chi connectivity index (χ4v) is 4.14. The van der Waals surface area contributed by atoms with Gasteiger partial charge in [-0.25, -0.2) is 0 Å². The first-order valence-corrected chi connectivity index (χ1v) is 8.41. The van der Waals surface area contributed by atoms with E-state index in [9.17, 15) is 14.7 Å². The number of benzene rings is 1. The lowest BCUT2D eigenvalue weighted by Crippen LogP contribution is -2.36. The Balaban J connectivity index is 1.91. The number of carboxylic acid groups (broad SMARTS) is 1. The molecule has 0 spiro atoms. The molecule has 0 aliphatic heterocycles. The van der Waals surface area contributed by atoms with E-state index in [-0.39, 0.29) is 17.7 Å². The maximum Gasteiger partial charge on any atom is 0.308 e. The molecule has 2 aliphatic carbocycles. The number of carbonyl (C=O) groups is 2. The summed E-state index contributed by atoms with van der Waals surface area (Å²) < 4.78 is 0. The molecule has 1 saturated carbocycles. The van der Waals surface area contributed by atoms with Crippen LogP contribution in [0.4, 0.5) is 5.69 Å². The fourth-order valence-electron chi connectivity index (χ4n) is 3.84. The Morgan fingerprint density at radius 3 is 2.21 bits per heavy atom. The van der Waals surface area contributed by atoms with Crippen LogP contribution in [0.1, 0.15) is 13.8 Å². The molecule has 0 aromatic heterocycles. The van der Waals surface area contributed by atoms with Crippen molar-refractivity contribution in [2.75, 3.05) is 5.32 Å². The van der Waals surface area contributed by atoms with E-state index in [2.05, 4.69) is 5.32 Å². The highest BCUT2D eigenvalue weighted by atomic mass is 35.5. The van der Waals surface area contributed by atoms with E-state index < -0.39 is 17.8 Å². The van der Waals surface area contributed by atoms with Crippen molar-refractivity contribution < 1.29 is 14.7 Å². The highest BCUT2D eigenvalue weighted by Crippen LogP contribution is 2.53. The molecule has 0 heterocycles. The number of rotatable bonds is 3. The normalized spacial score (nSPS) is 27.4. The standard InChI is InChI=1S/C18H17Cl2NO3/c1-8(2)14-10-4-5-11(14)16(18(23)24)15(10)17(22)21-9-3-6-12(19)13(20)7-9/h3-7,10-11,15-16H,1-2H3,(H,21,22)(H,23,24)/t10-,11-,15+,16-/m1/s1. The van der Waals surface area contributed by atoms with Gasteiger partial charge in [0.15, 0.2) is 0 Å². The second kappa shape index (κ2) is 6.26. The average molecular weight is 366 g/mol.